The van der Waals surface area contributed by atoms with E-state index in [4.69, 9.17) is 4.74 Å². The number of ether oxygens (including phenoxy) is 1. The Morgan fingerprint density at radius 1 is 1.04 bits per heavy atom. The van der Waals surface area contributed by atoms with Gasteiger partial charge in [0.05, 0.1) is 6.54 Å². The Balaban J connectivity index is 1.47. The maximum Gasteiger partial charge on any atom is 0.243 e. The number of hydrogen-bond acceptors (Lipinski definition) is 4. The second-order valence-electron chi connectivity index (χ2n) is 7.58. The summed E-state index contributed by atoms with van der Waals surface area (Å²) in [5.74, 6) is -0.210. The number of fused-ring (bicyclic) bond motifs is 2. The number of nitrogens with zero attached hydrogens (tertiary/aromatic N) is 1. The number of anilines is 3. The lowest BCUT2D eigenvalue weighted by atomic mass is 9.76. The Kier molecular flexibility index (Phi) is 5.05. The van der Waals surface area contributed by atoms with Gasteiger partial charge in [0.25, 0.3) is 0 Å². The van der Waals surface area contributed by atoms with Crippen LogP contribution < -0.4 is 15.5 Å². The molecule has 6 nitrogen and oxygen atoms in total. The van der Waals surface area contributed by atoms with Gasteiger partial charge in [-0.15, -0.1) is 0 Å². The van der Waals surface area contributed by atoms with Crippen molar-refractivity contribution >= 4 is 28.9 Å². The molecule has 0 aliphatic carbocycles. The molecule has 1 spiro atoms. The third-order valence-electron chi connectivity index (χ3n) is 5.56. The fourth-order valence-corrected chi connectivity index (χ4v) is 4.32. The van der Waals surface area contributed by atoms with Crippen molar-refractivity contribution in [1.29, 1.82) is 0 Å². The van der Waals surface area contributed by atoms with E-state index in [1.54, 1.807) is 12.1 Å². The number of benzene rings is 2. The summed E-state index contributed by atoms with van der Waals surface area (Å²) in [6.07, 6.45) is 1.97. The molecule has 0 atom stereocenters. The number of amides is 2. The number of rotatable bonds is 4. The van der Waals surface area contributed by atoms with Gasteiger partial charge in [-0.1, -0.05) is 24.3 Å². The highest BCUT2D eigenvalue weighted by atomic mass is 16.5. The van der Waals surface area contributed by atoms with E-state index in [2.05, 4.69) is 33.7 Å². The van der Waals surface area contributed by atoms with Crippen LogP contribution in [0.2, 0.25) is 0 Å². The van der Waals surface area contributed by atoms with Gasteiger partial charge in [-0.25, -0.2) is 0 Å². The molecule has 0 unspecified atom stereocenters. The van der Waals surface area contributed by atoms with Crippen LogP contribution in [-0.4, -0.2) is 38.1 Å². The van der Waals surface area contributed by atoms with Gasteiger partial charge in [0.1, 0.15) is 0 Å². The minimum atomic E-state index is -0.140. The van der Waals surface area contributed by atoms with Crippen molar-refractivity contribution < 1.29 is 14.3 Å². The number of carbonyl (C=O) groups excluding carboxylic acids is 2. The molecule has 2 heterocycles. The first-order valence-corrected chi connectivity index (χ1v) is 9.65. The van der Waals surface area contributed by atoms with Crippen LogP contribution in [-0.2, 0) is 19.7 Å². The Morgan fingerprint density at radius 2 is 1.75 bits per heavy atom. The van der Waals surface area contributed by atoms with Crippen molar-refractivity contribution in [3.63, 3.8) is 0 Å². The fraction of sp³-hybridized carbons (Fsp3) is 0.364. The van der Waals surface area contributed by atoms with Gasteiger partial charge in [-0.3, -0.25) is 9.59 Å². The molecule has 28 heavy (non-hydrogen) atoms. The molecule has 1 saturated heterocycles. The third kappa shape index (κ3) is 3.73. The van der Waals surface area contributed by atoms with Gasteiger partial charge < -0.3 is 20.3 Å². The maximum absolute atomic E-state index is 12.7. The molecule has 2 aliphatic rings. The van der Waals surface area contributed by atoms with Gasteiger partial charge in [0.15, 0.2) is 0 Å². The molecule has 146 valence electrons. The SMILES string of the molecule is CC(=O)Nc1cccc(NC(=O)CN2CC3(CCOCC3)c3ccccc32)c1. The number of hydrogen-bond donors (Lipinski definition) is 2. The first-order valence-electron chi connectivity index (χ1n) is 9.65. The zero-order valence-electron chi connectivity index (χ0n) is 16.0. The molecule has 2 aromatic rings. The van der Waals surface area contributed by atoms with E-state index in [9.17, 15) is 9.59 Å². The average Bonchev–Trinajstić information content (AvgIpc) is 2.95. The van der Waals surface area contributed by atoms with E-state index in [0.717, 1.165) is 38.3 Å². The molecule has 4 rings (SSSR count). The van der Waals surface area contributed by atoms with Crippen LogP contribution in [0, 0.1) is 0 Å². The molecule has 2 aromatic carbocycles. The highest BCUT2D eigenvalue weighted by molar-refractivity contribution is 5.96. The minimum absolute atomic E-state index is 0.0705. The Morgan fingerprint density at radius 3 is 2.50 bits per heavy atom. The van der Waals surface area contributed by atoms with Crippen LogP contribution in [0.4, 0.5) is 17.1 Å². The number of carbonyl (C=O) groups is 2. The van der Waals surface area contributed by atoms with Crippen LogP contribution >= 0.6 is 0 Å². The lowest BCUT2D eigenvalue weighted by molar-refractivity contribution is -0.115. The molecule has 0 saturated carbocycles. The minimum Gasteiger partial charge on any atom is -0.381 e. The van der Waals surface area contributed by atoms with E-state index in [0.29, 0.717) is 17.9 Å². The predicted octanol–water partition coefficient (Wildman–Crippen LogP) is 3.15. The molecular formula is C22H25N3O3. The van der Waals surface area contributed by atoms with E-state index < -0.39 is 0 Å². The van der Waals surface area contributed by atoms with Gasteiger partial charge in [0, 0.05) is 49.2 Å². The van der Waals surface area contributed by atoms with Gasteiger partial charge in [0.2, 0.25) is 11.8 Å². The summed E-state index contributed by atoms with van der Waals surface area (Å²) in [5.41, 5.74) is 3.90. The van der Waals surface area contributed by atoms with Crippen LogP contribution in [0.3, 0.4) is 0 Å². The van der Waals surface area contributed by atoms with Gasteiger partial charge in [-0.2, -0.15) is 0 Å². The van der Waals surface area contributed by atoms with Crippen molar-refractivity contribution in [3.05, 3.63) is 54.1 Å². The van der Waals surface area contributed by atoms with Crippen molar-refractivity contribution in [2.24, 2.45) is 0 Å². The topological polar surface area (TPSA) is 70.7 Å². The molecule has 0 radical (unpaired) electrons. The number of para-hydroxylation sites is 1. The molecular weight excluding hydrogens is 354 g/mol. The first kappa shape index (κ1) is 18.5. The second-order valence-corrected chi connectivity index (χ2v) is 7.58. The van der Waals surface area contributed by atoms with E-state index >= 15 is 0 Å². The second kappa shape index (κ2) is 7.64. The smallest absolute Gasteiger partial charge is 0.243 e. The molecule has 2 aliphatic heterocycles. The molecule has 0 aromatic heterocycles. The Hall–Kier alpha value is -2.86. The summed E-state index contributed by atoms with van der Waals surface area (Å²) in [6.45, 7) is 4.13. The van der Waals surface area contributed by atoms with Crippen molar-refractivity contribution in [1.82, 2.24) is 0 Å². The van der Waals surface area contributed by atoms with Crippen molar-refractivity contribution in [2.45, 2.75) is 25.2 Å². The van der Waals surface area contributed by atoms with E-state index in [1.165, 1.54) is 12.5 Å². The summed E-state index contributed by atoms with van der Waals surface area (Å²) in [6, 6.07) is 15.6. The highest BCUT2D eigenvalue weighted by Crippen LogP contribution is 2.46. The molecule has 0 bridgehead atoms. The largest absolute Gasteiger partial charge is 0.381 e. The zero-order chi connectivity index (χ0) is 19.6. The Bertz CT molecular complexity index is 890. The monoisotopic (exact) mass is 379 g/mol. The third-order valence-corrected chi connectivity index (χ3v) is 5.56. The normalized spacial score (nSPS) is 17.2. The van der Waals surface area contributed by atoms with Crippen molar-refractivity contribution in [2.75, 3.05) is 41.8 Å². The molecule has 2 amide bonds. The van der Waals surface area contributed by atoms with E-state index in [-0.39, 0.29) is 17.2 Å². The van der Waals surface area contributed by atoms with Gasteiger partial charge >= 0.3 is 0 Å². The fourth-order valence-electron chi connectivity index (χ4n) is 4.32. The summed E-state index contributed by atoms with van der Waals surface area (Å²) in [7, 11) is 0. The number of nitrogens with one attached hydrogen (secondary N) is 2. The molecule has 1 fully saturated rings. The lowest BCUT2D eigenvalue weighted by Gasteiger charge is -2.34. The zero-order valence-corrected chi connectivity index (χ0v) is 16.0. The maximum atomic E-state index is 12.7. The van der Waals surface area contributed by atoms with Crippen LogP contribution in [0.1, 0.15) is 25.3 Å². The molecule has 2 N–H and O–H groups in total. The first-order chi connectivity index (χ1) is 13.6. The predicted molar refractivity (Wildman–Crippen MR) is 110 cm³/mol. The van der Waals surface area contributed by atoms with Crippen LogP contribution in [0.25, 0.3) is 0 Å². The highest BCUT2D eigenvalue weighted by Gasteiger charge is 2.43. The van der Waals surface area contributed by atoms with Crippen molar-refractivity contribution in [3.8, 4) is 0 Å². The van der Waals surface area contributed by atoms with Crippen LogP contribution in [0.5, 0.6) is 0 Å². The summed E-state index contributed by atoms with van der Waals surface area (Å²) < 4.78 is 5.58. The van der Waals surface area contributed by atoms with Crippen LogP contribution in [0.15, 0.2) is 48.5 Å². The van der Waals surface area contributed by atoms with Gasteiger partial charge in [-0.05, 0) is 42.7 Å². The average molecular weight is 379 g/mol. The summed E-state index contributed by atoms with van der Waals surface area (Å²) in [5, 5.41) is 5.68. The quantitative estimate of drug-likeness (QED) is 0.856. The summed E-state index contributed by atoms with van der Waals surface area (Å²) in [4.78, 5) is 26.1. The van der Waals surface area contributed by atoms with E-state index in [1.807, 2.05) is 18.2 Å². The molecule has 6 heteroatoms. The lowest BCUT2D eigenvalue weighted by Crippen LogP contribution is -2.41. The summed E-state index contributed by atoms with van der Waals surface area (Å²) >= 11 is 0. The Labute approximate surface area is 164 Å². The standard InChI is InChI=1S/C22H25N3O3/c1-16(26)23-17-5-4-6-18(13-17)24-21(27)14-25-15-22(9-11-28-12-10-22)19-7-2-3-8-20(19)25/h2-8,13H,9-12,14-15H2,1H3,(H,23,26)(H,24,27).